The zero-order valence-electron chi connectivity index (χ0n) is 13.1. The highest BCUT2D eigenvalue weighted by Crippen LogP contribution is 2.28. The van der Waals surface area contributed by atoms with Gasteiger partial charge in [0, 0.05) is 17.6 Å². The van der Waals surface area contributed by atoms with Crippen molar-refractivity contribution in [2.75, 3.05) is 17.6 Å². The van der Waals surface area contributed by atoms with E-state index in [9.17, 15) is 10.1 Å². The second-order valence-corrected chi connectivity index (χ2v) is 8.38. The average molecular weight is 368 g/mol. The minimum atomic E-state index is -0.798. The van der Waals surface area contributed by atoms with E-state index in [1.54, 1.807) is 0 Å². The van der Waals surface area contributed by atoms with E-state index in [4.69, 9.17) is 0 Å². The number of aryl methyl sites for hydroxylation is 1. The molecule has 0 spiro atoms. The van der Waals surface area contributed by atoms with Crippen molar-refractivity contribution in [3.8, 4) is 6.07 Å². The number of ketones is 1. The van der Waals surface area contributed by atoms with E-state index in [0.717, 1.165) is 21.7 Å². The molecule has 2 aromatic rings. The highest BCUT2D eigenvalue weighted by molar-refractivity contribution is 8.01. The van der Waals surface area contributed by atoms with Crippen LogP contribution in [0.1, 0.15) is 30.5 Å². The van der Waals surface area contributed by atoms with Gasteiger partial charge < -0.3 is 5.32 Å². The SMILES string of the molecule is Cc1csc([C@H](C#N)C(=O)CSc2nnc(NCC(C)C)s2)n1. The molecule has 0 aliphatic rings. The van der Waals surface area contributed by atoms with Crippen LogP contribution in [0.15, 0.2) is 9.72 Å². The first kappa shape index (κ1) is 17.8. The number of carbonyl (C=O) groups is 1. The van der Waals surface area contributed by atoms with E-state index in [1.165, 1.54) is 34.4 Å². The molecule has 0 bridgehead atoms. The molecule has 2 heterocycles. The number of aromatic nitrogens is 3. The summed E-state index contributed by atoms with van der Waals surface area (Å²) in [5, 5.41) is 23.7. The van der Waals surface area contributed by atoms with Gasteiger partial charge in [-0.25, -0.2) is 4.98 Å². The second-order valence-electron chi connectivity index (χ2n) is 5.29. The largest absolute Gasteiger partial charge is 0.360 e. The molecule has 1 atom stereocenters. The van der Waals surface area contributed by atoms with Crippen molar-refractivity contribution in [3.05, 3.63) is 16.1 Å². The lowest BCUT2D eigenvalue weighted by molar-refractivity contribution is -0.116. The molecule has 0 amide bonds. The fourth-order valence-electron chi connectivity index (χ4n) is 1.62. The minimum Gasteiger partial charge on any atom is -0.360 e. The van der Waals surface area contributed by atoms with Crippen molar-refractivity contribution in [1.29, 1.82) is 5.26 Å². The number of rotatable bonds is 8. The summed E-state index contributed by atoms with van der Waals surface area (Å²) in [6, 6.07) is 2.05. The van der Waals surface area contributed by atoms with Crippen LogP contribution in [0.4, 0.5) is 5.13 Å². The van der Waals surface area contributed by atoms with Gasteiger partial charge in [0.1, 0.15) is 5.01 Å². The van der Waals surface area contributed by atoms with Gasteiger partial charge in [-0.2, -0.15) is 5.26 Å². The Morgan fingerprint density at radius 3 is 2.87 bits per heavy atom. The number of hydrogen-bond donors (Lipinski definition) is 1. The standard InChI is InChI=1S/C14H17N5OS3/c1-8(2)5-16-13-18-19-14(23-13)22-7-11(20)10(4-15)12-17-9(3)6-21-12/h6,8,10H,5,7H2,1-3H3,(H,16,18)/t10-/m1/s1. The lowest BCUT2D eigenvalue weighted by Gasteiger charge is -2.04. The molecular formula is C14H17N5OS3. The second kappa shape index (κ2) is 8.38. The van der Waals surface area contributed by atoms with Crippen molar-refractivity contribution >= 4 is 45.4 Å². The number of Topliss-reactive ketones (excluding diaryl/α,β-unsaturated/α-hetero) is 1. The maximum absolute atomic E-state index is 12.2. The predicted octanol–water partition coefficient (Wildman–Crippen LogP) is 3.34. The summed E-state index contributed by atoms with van der Waals surface area (Å²) in [6.45, 7) is 6.91. The number of carbonyl (C=O) groups excluding carboxylic acids is 1. The lowest BCUT2D eigenvalue weighted by Crippen LogP contribution is -2.13. The summed E-state index contributed by atoms with van der Waals surface area (Å²) in [4.78, 5) is 16.5. The molecule has 9 heteroatoms. The van der Waals surface area contributed by atoms with Crippen LogP contribution >= 0.6 is 34.4 Å². The average Bonchev–Trinajstić information content (AvgIpc) is 3.13. The summed E-state index contributed by atoms with van der Waals surface area (Å²) in [5.74, 6) is -0.239. The summed E-state index contributed by atoms with van der Waals surface area (Å²) < 4.78 is 0.719. The molecule has 6 nitrogen and oxygen atoms in total. The third-order valence-electron chi connectivity index (χ3n) is 2.74. The van der Waals surface area contributed by atoms with Gasteiger partial charge in [0.25, 0.3) is 0 Å². The van der Waals surface area contributed by atoms with E-state index < -0.39 is 5.92 Å². The Morgan fingerprint density at radius 2 is 2.26 bits per heavy atom. The Hall–Kier alpha value is -1.50. The summed E-state index contributed by atoms with van der Waals surface area (Å²) >= 11 is 4.07. The van der Waals surface area contributed by atoms with Crippen LogP contribution in [0, 0.1) is 24.2 Å². The first-order valence-electron chi connectivity index (χ1n) is 7.04. The highest BCUT2D eigenvalue weighted by Gasteiger charge is 2.23. The van der Waals surface area contributed by atoms with Crippen molar-refractivity contribution < 1.29 is 4.79 Å². The van der Waals surface area contributed by atoms with Gasteiger partial charge in [0.15, 0.2) is 16.0 Å². The van der Waals surface area contributed by atoms with Crippen LogP contribution in [-0.4, -0.2) is 33.3 Å². The number of thioether (sulfide) groups is 1. The third kappa shape index (κ3) is 5.27. The van der Waals surface area contributed by atoms with Crippen LogP contribution in [0.3, 0.4) is 0 Å². The zero-order chi connectivity index (χ0) is 16.8. The van der Waals surface area contributed by atoms with Gasteiger partial charge in [-0.05, 0) is 12.8 Å². The van der Waals surface area contributed by atoms with Crippen LogP contribution < -0.4 is 5.32 Å². The first-order valence-corrected chi connectivity index (χ1v) is 9.72. The number of nitrogens with zero attached hydrogens (tertiary/aromatic N) is 4. The fraction of sp³-hybridized carbons (Fsp3) is 0.500. The van der Waals surface area contributed by atoms with Crippen molar-refractivity contribution in [2.45, 2.75) is 31.0 Å². The number of hydrogen-bond acceptors (Lipinski definition) is 9. The molecule has 1 N–H and O–H groups in total. The van der Waals surface area contributed by atoms with E-state index in [1.807, 2.05) is 18.4 Å². The Kier molecular flexibility index (Phi) is 6.50. The van der Waals surface area contributed by atoms with Gasteiger partial charge >= 0.3 is 0 Å². The normalized spacial score (nSPS) is 12.1. The van der Waals surface area contributed by atoms with Crippen LogP contribution in [0.5, 0.6) is 0 Å². The topological polar surface area (TPSA) is 91.6 Å². The van der Waals surface area contributed by atoms with Crippen molar-refractivity contribution in [3.63, 3.8) is 0 Å². The molecule has 2 rings (SSSR count). The Balaban J connectivity index is 1.90. The first-order chi connectivity index (χ1) is 11.0. The van der Waals surface area contributed by atoms with Crippen LogP contribution in [0.25, 0.3) is 0 Å². The summed E-state index contributed by atoms with van der Waals surface area (Å²) in [6.07, 6.45) is 0. The molecule has 23 heavy (non-hydrogen) atoms. The molecular weight excluding hydrogens is 350 g/mol. The number of thiazole rings is 1. The zero-order valence-corrected chi connectivity index (χ0v) is 15.5. The summed E-state index contributed by atoms with van der Waals surface area (Å²) in [7, 11) is 0. The van der Waals surface area contributed by atoms with Gasteiger partial charge in [0.05, 0.1) is 11.8 Å². The number of nitriles is 1. The smallest absolute Gasteiger partial charge is 0.206 e. The van der Waals surface area contributed by atoms with E-state index in [2.05, 4.69) is 34.3 Å². The molecule has 0 unspecified atom stereocenters. The maximum Gasteiger partial charge on any atom is 0.206 e. The third-order valence-corrected chi connectivity index (χ3v) is 5.80. The van der Waals surface area contributed by atoms with Crippen LogP contribution in [0.2, 0.25) is 0 Å². The van der Waals surface area contributed by atoms with Gasteiger partial charge in [-0.1, -0.05) is 36.9 Å². The molecule has 0 aliphatic carbocycles. The highest BCUT2D eigenvalue weighted by atomic mass is 32.2. The van der Waals surface area contributed by atoms with Crippen LogP contribution in [-0.2, 0) is 4.79 Å². The predicted molar refractivity (Wildman–Crippen MR) is 94.2 cm³/mol. The Labute approximate surface area is 147 Å². The van der Waals surface area contributed by atoms with E-state index >= 15 is 0 Å². The minimum absolute atomic E-state index is 0.154. The molecule has 0 aliphatic heterocycles. The molecule has 0 saturated heterocycles. The summed E-state index contributed by atoms with van der Waals surface area (Å²) in [5.41, 5.74) is 0.829. The molecule has 0 saturated carbocycles. The van der Waals surface area contributed by atoms with Crippen molar-refractivity contribution in [1.82, 2.24) is 15.2 Å². The Morgan fingerprint density at radius 1 is 1.48 bits per heavy atom. The maximum atomic E-state index is 12.2. The fourth-order valence-corrected chi connectivity index (χ4v) is 4.14. The molecule has 122 valence electrons. The molecule has 0 fully saturated rings. The van der Waals surface area contributed by atoms with Crippen molar-refractivity contribution in [2.24, 2.45) is 5.92 Å². The van der Waals surface area contributed by atoms with Gasteiger partial charge in [-0.3, -0.25) is 4.79 Å². The van der Waals surface area contributed by atoms with Gasteiger partial charge in [0.2, 0.25) is 5.13 Å². The monoisotopic (exact) mass is 367 g/mol. The number of anilines is 1. The van der Waals surface area contributed by atoms with E-state index in [0.29, 0.717) is 10.9 Å². The quantitative estimate of drug-likeness (QED) is 0.715. The van der Waals surface area contributed by atoms with E-state index in [-0.39, 0.29) is 11.5 Å². The van der Waals surface area contributed by atoms with Gasteiger partial charge in [-0.15, -0.1) is 21.5 Å². The molecule has 2 aromatic heterocycles. The molecule has 0 aromatic carbocycles. The lowest BCUT2D eigenvalue weighted by atomic mass is 10.1. The Bertz CT molecular complexity index is 703. The number of nitrogens with one attached hydrogen (secondary N) is 1. The molecule has 0 radical (unpaired) electrons.